The van der Waals surface area contributed by atoms with Gasteiger partial charge in [-0.3, -0.25) is 15.1 Å². The molecule has 1 aromatic heterocycles. The first kappa shape index (κ1) is 16.8. The number of primary sulfonamides is 1. The fourth-order valence-corrected chi connectivity index (χ4v) is 2.62. The molecular weight excluding hydrogens is 339 g/mol. The topological polar surface area (TPSA) is 116 Å². The number of hydrogen-bond acceptors (Lipinski definition) is 5. The number of sulfonamides is 1. The molecule has 0 bridgehead atoms. The molecule has 0 spiro atoms. The fourth-order valence-electron chi connectivity index (χ4n) is 1.84. The molecular formula is C12H8F3N3O4S. The molecule has 0 saturated heterocycles. The third kappa shape index (κ3) is 3.63. The molecule has 0 atom stereocenters. The van der Waals surface area contributed by atoms with Crippen LogP contribution in [0, 0.1) is 10.1 Å². The molecule has 1 heterocycles. The summed E-state index contributed by atoms with van der Waals surface area (Å²) in [5.74, 6) is 0. The Bertz CT molecular complexity index is 881. The summed E-state index contributed by atoms with van der Waals surface area (Å²) in [4.78, 5) is 12.6. The summed E-state index contributed by atoms with van der Waals surface area (Å²) in [6.45, 7) is 0. The van der Waals surface area contributed by atoms with E-state index in [0.717, 1.165) is 18.3 Å². The molecule has 2 aromatic rings. The standard InChI is InChI=1S/C12H8F3N3O4S/c13-12(14,15)8-3-7(5-17-6-8)10-2-1-9(18(19)20)4-11(10)23(16,21)22/h1-6H,(H2,16,21,22). The fraction of sp³-hybridized carbons (Fsp3) is 0.0833. The number of nitro benzene ring substituents is 1. The Hall–Kier alpha value is -2.53. The van der Waals surface area contributed by atoms with Crippen molar-refractivity contribution in [3.8, 4) is 11.1 Å². The van der Waals surface area contributed by atoms with Gasteiger partial charge in [-0.1, -0.05) is 0 Å². The van der Waals surface area contributed by atoms with Crippen LogP contribution in [0.15, 0.2) is 41.6 Å². The van der Waals surface area contributed by atoms with E-state index in [0.29, 0.717) is 18.3 Å². The van der Waals surface area contributed by atoms with Crippen LogP contribution in [0.5, 0.6) is 0 Å². The van der Waals surface area contributed by atoms with Gasteiger partial charge in [0.25, 0.3) is 5.69 Å². The summed E-state index contributed by atoms with van der Waals surface area (Å²) >= 11 is 0. The third-order valence-electron chi connectivity index (χ3n) is 2.86. The summed E-state index contributed by atoms with van der Waals surface area (Å²) < 4.78 is 61.3. The number of pyridine rings is 1. The number of alkyl halides is 3. The first-order chi connectivity index (χ1) is 10.5. The highest BCUT2D eigenvalue weighted by molar-refractivity contribution is 7.89. The zero-order chi connectivity index (χ0) is 17.4. The Morgan fingerprint density at radius 2 is 1.83 bits per heavy atom. The van der Waals surface area contributed by atoms with Crippen molar-refractivity contribution < 1.29 is 26.5 Å². The zero-order valence-corrected chi connectivity index (χ0v) is 11.9. The maximum absolute atomic E-state index is 12.7. The largest absolute Gasteiger partial charge is 0.417 e. The molecule has 0 aliphatic rings. The second kappa shape index (κ2) is 5.59. The molecule has 0 saturated carbocycles. The lowest BCUT2D eigenvalue weighted by Gasteiger charge is -2.10. The van der Waals surface area contributed by atoms with Crippen molar-refractivity contribution in [2.75, 3.05) is 0 Å². The van der Waals surface area contributed by atoms with Crippen LogP contribution in [0.2, 0.25) is 0 Å². The SMILES string of the molecule is NS(=O)(=O)c1cc([N+](=O)[O-])ccc1-c1cncc(C(F)(F)F)c1. The van der Waals surface area contributed by atoms with Gasteiger partial charge in [0.2, 0.25) is 10.0 Å². The smallest absolute Gasteiger partial charge is 0.263 e. The van der Waals surface area contributed by atoms with Gasteiger partial charge in [-0.25, -0.2) is 13.6 Å². The molecule has 1 aromatic carbocycles. The molecule has 23 heavy (non-hydrogen) atoms. The van der Waals surface area contributed by atoms with Crippen molar-refractivity contribution in [2.45, 2.75) is 11.1 Å². The predicted molar refractivity (Wildman–Crippen MR) is 72.7 cm³/mol. The Balaban J connectivity index is 2.71. The average Bonchev–Trinajstić information content (AvgIpc) is 2.45. The van der Waals surface area contributed by atoms with Gasteiger partial charge in [0.15, 0.2) is 0 Å². The Morgan fingerprint density at radius 3 is 2.35 bits per heavy atom. The van der Waals surface area contributed by atoms with Gasteiger partial charge in [-0.05, 0) is 12.1 Å². The van der Waals surface area contributed by atoms with E-state index >= 15 is 0 Å². The predicted octanol–water partition coefficient (Wildman–Crippen LogP) is 2.32. The average molecular weight is 347 g/mol. The highest BCUT2D eigenvalue weighted by atomic mass is 32.2. The van der Waals surface area contributed by atoms with Crippen LogP contribution in [0.1, 0.15) is 5.56 Å². The molecule has 0 amide bonds. The van der Waals surface area contributed by atoms with Gasteiger partial charge in [-0.2, -0.15) is 13.2 Å². The van der Waals surface area contributed by atoms with Crippen molar-refractivity contribution in [1.29, 1.82) is 0 Å². The summed E-state index contributed by atoms with van der Waals surface area (Å²) in [5, 5.41) is 15.7. The molecule has 2 N–H and O–H groups in total. The number of benzene rings is 1. The maximum atomic E-state index is 12.7. The Kier molecular flexibility index (Phi) is 4.09. The van der Waals surface area contributed by atoms with Crippen molar-refractivity contribution in [3.05, 3.63) is 52.3 Å². The van der Waals surface area contributed by atoms with Crippen LogP contribution < -0.4 is 5.14 Å². The monoisotopic (exact) mass is 347 g/mol. The number of hydrogen-bond donors (Lipinski definition) is 1. The lowest BCUT2D eigenvalue weighted by Crippen LogP contribution is -2.14. The molecule has 0 radical (unpaired) electrons. The van der Waals surface area contributed by atoms with Crippen LogP contribution in [0.25, 0.3) is 11.1 Å². The molecule has 2 rings (SSSR count). The third-order valence-corrected chi connectivity index (χ3v) is 3.81. The molecule has 0 fully saturated rings. The number of nitrogens with zero attached hydrogens (tertiary/aromatic N) is 2. The molecule has 122 valence electrons. The molecule has 0 unspecified atom stereocenters. The van der Waals surface area contributed by atoms with Crippen molar-refractivity contribution >= 4 is 15.7 Å². The highest BCUT2D eigenvalue weighted by Crippen LogP contribution is 2.34. The van der Waals surface area contributed by atoms with Crippen molar-refractivity contribution in [1.82, 2.24) is 4.98 Å². The zero-order valence-electron chi connectivity index (χ0n) is 11.1. The van der Waals surface area contributed by atoms with E-state index in [1.54, 1.807) is 0 Å². The van der Waals surface area contributed by atoms with E-state index in [1.807, 2.05) is 0 Å². The normalized spacial score (nSPS) is 12.2. The first-order valence-electron chi connectivity index (χ1n) is 5.84. The van der Waals surface area contributed by atoms with E-state index in [1.165, 1.54) is 0 Å². The van der Waals surface area contributed by atoms with Gasteiger partial charge < -0.3 is 0 Å². The van der Waals surface area contributed by atoms with Crippen LogP contribution in [-0.4, -0.2) is 18.3 Å². The van der Waals surface area contributed by atoms with Gasteiger partial charge in [0.05, 0.1) is 15.4 Å². The number of nitro groups is 1. The highest BCUT2D eigenvalue weighted by Gasteiger charge is 2.31. The number of halogens is 3. The van der Waals surface area contributed by atoms with Gasteiger partial charge >= 0.3 is 6.18 Å². The maximum Gasteiger partial charge on any atom is 0.417 e. The minimum atomic E-state index is -4.68. The summed E-state index contributed by atoms with van der Waals surface area (Å²) in [6.07, 6.45) is -3.10. The number of aromatic nitrogens is 1. The van der Waals surface area contributed by atoms with E-state index < -0.39 is 37.3 Å². The molecule has 0 aliphatic carbocycles. The van der Waals surface area contributed by atoms with E-state index in [2.05, 4.69) is 4.98 Å². The van der Waals surface area contributed by atoms with E-state index in [-0.39, 0.29) is 11.1 Å². The molecule has 0 aliphatic heterocycles. The van der Waals surface area contributed by atoms with Crippen LogP contribution >= 0.6 is 0 Å². The van der Waals surface area contributed by atoms with Crippen LogP contribution in [-0.2, 0) is 16.2 Å². The van der Waals surface area contributed by atoms with Gasteiger partial charge in [0.1, 0.15) is 0 Å². The summed E-state index contributed by atoms with van der Waals surface area (Å²) in [6, 6.07) is 3.34. The number of nitrogens with two attached hydrogens (primary N) is 1. The van der Waals surface area contributed by atoms with Crippen LogP contribution in [0.4, 0.5) is 18.9 Å². The van der Waals surface area contributed by atoms with Gasteiger partial charge in [0, 0.05) is 35.7 Å². The summed E-state index contributed by atoms with van der Waals surface area (Å²) in [7, 11) is -4.40. The lowest BCUT2D eigenvalue weighted by atomic mass is 10.1. The Morgan fingerprint density at radius 1 is 1.17 bits per heavy atom. The first-order valence-corrected chi connectivity index (χ1v) is 7.38. The molecule has 7 nitrogen and oxygen atoms in total. The summed E-state index contributed by atoms with van der Waals surface area (Å²) in [5.41, 5.74) is -2.04. The quantitative estimate of drug-likeness (QED) is 0.675. The second-order valence-electron chi connectivity index (χ2n) is 4.44. The molecule has 11 heteroatoms. The van der Waals surface area contributed by atoms with Gasteiger partial charge in [-0.15, -0.1) is 0 Å². The van der Waals surface area contributed by atoms with Crippen LogP contribution in [0.3, 0.4) is 0 Å². The minimum absolute atomic E-state index is 0.182. The van der Waals surface area contributed by atoms with E-state index in [4.69, 9.17) is 5.14 Å². The van der Waals surface area contributed by atoms with Crippen molar-refractivity contribution in [3.63, 3.8) is 0 Å². The number of non-ortho nitro benzene ring substituents is 1. The van der Waals surface area contributed by atoms with E-state index in [9.17, 15) is 31.7 Å². The number of rotatable bonds is 3. The lowest BCUT2D eigenvalue weighted by molar-refractivity contribution is -0.385. The minimum Gasteiger partial charge on any atom is -0.263 e. The Labute approximate surface area is 127 Å². The second-order valence-corrected chi connectivity index (χ2v) is 5.97. The van der Waals surface area contributed by atoms with Crippen molar-refractivity contribution in [2.24, 2.45) is 5.14 Å².